The van der Waals surface area contributed by atoms with E-state index in [0.717, 1.165) is 45.0 Å². The second-order valence-corrected chi connectivity index (χ2v) is 8.62. The van der Waals surface area contributed by atoms with Crippen LogP contribution in [0.1, 0.15) is 28.7 Å². The highest BCUT2D eigenvalue weighted by atomic mass is 32.1. The molecule has 0 bridgehead atoms. The van der Waals surface area contributed by atoms with Gasteiger partial charge in [-0.1, -0.05) is 59.9 Å². The van der Waals surface area contributed by atoms with Gasteiger partial charge in [-0.3, -0.25) is 9.69 Å². The largest absolute Gasteiger partial charge is 0.274 e. The summed E-state index contributed by atoms with van der Waals surface area (Å²) in [6, 6.07) is 22.6. The maximum atomic E-state index is 13.5. The van der Waals surface area contributed by atoms with Crippen LogP contribution in [0.3, 0.4) is 0 Å². The maximum Gasteiger partial charge on any atom is 0.237 e. The lowest BCUT2D eigenvalue weighted by atomic mass is 10.0. The van der Waals surface area contributed by atoms with E-state index in [1.54, 1.807) is 16.2 Å². The van der Waals surface area contributed by atoms with Crippen molar-refractivity contribution in [1.29, 1.82) is 0 Å². The molecule has 4 heteroatoms. The minimum atomic E-state index is 0.0521. The molecular formula is C25H22N2OS. The van der Waals surface area contributed by atoms with Crippen LogP contribution in [-0.4, -0.2) is 10.9 Å². The van der Waals surface area contributed by atoms with Crippen LogP contribution < -0.4 is 4.90 Å². The first kappa shape index (κ1) is 18.1. The number of hydrogen-bond acceptors (Lipinski definition) is 3. The van der Waals surface area contributed by atoms with Crippen molar-refractivity contribution in [3.8, 4) is 0 Å². The van der Waals surface area contributed by atoms with Gasteiger partial charge in [-0.15, -0.1) is 0 Å². The van der Waals surface area contributed by atoms with Gasteiger partial charge in [0.1, 0.15) is 0 Å². The average Bonchev–Trinajstić information content (AvgIpc) is 3.35. The van der Waals surface area contributed by atoms with Crippen LogP contribution in [0, 0.1) is 6.92 Å². The topological polar surface area (TPSA) is 33.2 Å². The number of anilines is 2. The summed E-state index contributed by atoms with van der Waals surface area (Å²) in [5, 5.41) is 0.728. The minimum absolute atomic E-state index is 0.0521. The summed E-state index contributed by atoms with van der Waals surface area (Å²) in [5.74, 6) is 0.0521. The lowest BCUT2D eigenvalue weighted by molar-refractivity contribution is -0.117. The van der Waals surface area contributed by atoms with Crippen molar-refractivity contribution in [2.45, 2.75) is 32.6 Å². The second kappa shape index (κ2) is 7.45. The molecule has 5 rings (SSSR count). The minimum Gasteiger partial charge on any atom is -0.274 e. The fourth-order valence-electron chi connectivity index (χ4n) is 4.10. The van der Waals surface area contributed by atoms with Gasteiger partial charge in [0.15, 0.2) is 5.13 Å². The van der Waals surface area contributed by atoms with E-state index >= 15 is 0 Å². The van der Waals surface area contributed by atoms with Gasteiger partial charge in [-0.05, 0) is 66.6 Å². The Hall–Kier alpha value is -2.98. The Bertz CT molecular complexity index is 1180. The first-order valence-corrected chi connectivity index (χ1v) is 10.9. The summed E-state index contributed by atoms with van der Waals surface area (Å²) in [6.07, 6.45) is 3.87. The Balaban J connectivity index is 1.54. The van der Waals surface area contributed by atoms with Gasteiger partial charge in [0, 0.05) is 0 Å². The third kappa shape index (κ3) is 3.45. The molecule has 29 heavy (non-hydrogen) atoms. The molecule has 0 saturated carbocycles. The summed E-state index contributed by atoms with van der Waals surface area (Å²) in [7, 11) is 0. The number of carbonyl (C=O) groups is 1. The summed E-state index contributed by atoms with van der Waals surface area (Å²) >= 11 is 1.56. The predicted molar refractivity (Wildman–Crippen MR) is 120 cm³/mol. The molecule has 0 atom stereocenters. The van der Waals surface area contributed by atoms with Crippen molar-refractivity contribution in [3.63, 3.8) is 0 Å². The molecule has 1 heterocycles. The predicted octanol–water partition coefficient (Wildman–Crippen LogP) is 6.00. The van der Waals surface area contributed by atoms with Crippen LogP contribution in [0.25, 0.3) is 10.2 Å². The molecule has 1 amide bonds. The SMILES string of the molecule is Cc1ccccc1N(C(=O)Cc1ccc2c(c1)CCC2)c1nc2ccccc2s1. The number of fused-ring (bicyclic) bond motifs is 2. The van der Waals surface area contributed by atoms with E-state index in [4.69, 9.17) is 4.98 Å². The van der Waals surface area contributed by atoms with E-state index < -0.39 is 0 Å². The van der Waals surface area contributed by atoms with Gasteiger partial charge in [0.05, 0.1) is 22.3 Å². The average molecular weight is 399 g/mol. The number of carbonyl (C=O) groups excluding carboxylic acids is 1. The molecule has 0 aliphatic heterocycles. The Labute approximate surface area is 174 Å². The maximum absolute atomic E-state index is 13.5. The molecule has 0 spiro atoms. The highest BCUT2D eigenvalue weighted by Crippen LogP contribution is 2.35. The van der Waals surface area contributed by atoms with Crippen molar-refractivity contribution in [3.05, 3.63) is 89.0 Å². The van der Waals surface area contributed by atoms with Crippen LogP contribution in [0.5, 0.6) is 0 Å². The van der Waals surface area contributed by atoms with Gasteiger partial charge in [0.2, 0.25) is 5.91 Å². The number of rotatable bonds is 4. The zero-order valence-electron chi connectivity index (χ0n) is 16.4. The zero-order chi connectivity index (χ0) is 19.8. The molecule has 0 saturated heterocycles. The molecule has 1 aliphatic carbocycles. The van der Waals surface area contributed by atoms with Gasteiger partial charge in [0.25, 0.3) is 0 Å². The monoisotopic (exact) mass is 398 g/mol. The molecule has 1 aromatic heterocycles. The van der Waals surface area contributed by atoms with Crippen molar-refractivity contribution in [2.24, 2.45) is 0 Å². The molecule has 0 fully saturated rings. The molecular weight excluding hydrogens is 376 g/mol. The third-order valence-electron chi connectivity index (χ3n) is 5.60. The summed E-state index contributed by atoms with van der Waals surface area (Å²) in [6.45, 7) is 2.04. The van der Waals surface area contributed by atoms with E-state index in [1.807, 2.05) is 49.4 Å². The quantitative estimate of drug-likeness (QED) is 0.422. The number of aromatic nitrogens is 1. The van der Waals surface area contributed by atoms with Gasteiger partial charge >= 0.3 is 0 Å². The van der Waals surface area contributed by atoms with Crippen LogP contribution >= 0.6 is 11.3 Å². The number of amides is 1. The van der Waals surface area contributed by atoms with E-state index in [9.17, 15) is 4.79 Å². The highest BCUT2D eigenvalue weighted by molar-refractivity contribution is 7.22. The fraction of sp³-hybridized carbons (Fsp3) is 0.200. The van der Waals surface area contributed by atoms with Gasteiger partial charge in [-0.2, -0.15) is 0 Å². The van der Waals surface area contributed by atoms with Crippen molar-refractivity contribution in [1.82, 2.24) is 4.98 Å². The standard InChI is InChI=1S/C25H22N2OS/c1-17-7-2-4-11-22(17)27(25-26-21-10-3-5-12-23(21)29-25)24(28)16-18-13-14-19-8-6-9-20(19)15-18/h2-5,7,10-15H,6,8-9,16H2,1H3. The lowest BCUT2D eigenvalue weighted by Crippen LogP contribution is -2.28. The summed E-state index contributed by atoms with van der Waals surface area (Å²) in [4.78, 5) is 20.1. The number of aryl methyl sites for hydroxylation is 3. The zero-order valence-corrected chi connectivity index (χ0v) is 17.2. The van der Waals surface area contributed by atoms with E-state index in [2.05, 4.69) is 24.3 Å². The smallest absolute Gasteiger partial charge is 0.237 e. The van der Waals surface area contributed by atoms with Crippen molar-refractivity contribution in [2.75, 3.05) is 4.90 Å². The Kier molecular flexibility index (Phi) is 4.64. The fourth-order valence-corrected chi connectivity index (χ4v) is 5.10. The molecule has 3 nitrogen and oxygen atoms in total. The number of hydrogen-bond donors (Lipinski definition) is 0. The molecule has 3 aromatic carbocycles. The summed E-state index contributed by atoms with van der Waals surface area (Å²) < 4.78 is 1.09. The van der Waals surface area contributed by atoms with E-state index in [1.165, 1.54) is 17.5 Å². The number of thiazole rings is 1. The molecule has 4 aromatic rings. The number of para-hydroxylation sites is 2. The van der Waals surface area contributed by atoms with E-state index in [-0.39, 0.29) is 5.91 Å². The van der Waals surface area contributed by atoms with Crippen LogP contribution in [0.4, 0.5) is 10.8 Å². The van der Waals surface area contributed by atoms with Crippen molar-refractivity contribution >= 4 is 38.3 Å². The first-order chi connectivity index (χ1) is 14.2. The number of benzene rings is 3. The highest BCUT2D eigenvalue weighted by Gasteiger charge is 2.24. The van der Waals surface area contributed by atoms with Gasteiger partial charge < -0.3 is 0 Å². The molecule has 1 aliphatic rings. The second-order valence-electron chi connectivity index (χ2n) is 7.61. The Morgan fingerprint density at radius 3 is 2.66 bits per heavy atom. The molecule has 0 N–H and O–H groups in total. The summed E-state index contributed by atoms with van der Waals surface area (Å²) in [5.41, 5.74) is 6.80. The third-order valence-corrected chi connectivity index (χ3v) is 6.62. The van der Waals surface area contributed by atoms with Crippen LogP contribution in [0.2, 0.25) is 0 Å². The van der Waals surface area contributed by atoms with Crippen LogP contribution in [0.15, 0.2) is 66.7 Å². The van der Waals surface area contributed by atoms with Crippen molar-refractivity contribution < 1.29 is 4.79 Å². The Morgan fingerprint density at radius 1 is 1.00 bits per heavy atom. The lowest BCUT2D eigenvalue weighted by Gasteiger charge is -2.22. The molecule has 0 unspecified atom stereocenters. The van der Waals surface area contributed by atoms with E-state index in [0.29, 0.717) is 6.42 Å². The van der Waals surface area contributed by atoms with Gasteiger partial charge in [-0.25, -0.2) is 4.98 Å². The van der Waals surface area contributed by atoms with Crippen LogP contribution in [-0.2, 0) is 24.1 Å². The number of nitrogens with zero attached hydrogens (tertiary/aromatic N) is 2. The normalized spacial score (nSPS) is 12.9. The first-order valence-electron chi connectivity index (χ1n) is 10.0. The molecule has 144 valence electrons. The Morgan fingerprint density at radius 2 is 1.79 bits per heavy atom. The molecule has 0 radical (unpaired) electrons.